The summed E-state index contributed by atoms with van der Waals surface area (Å²) in [6, 6.07) is 48.2. The van der Waals surface area contributed by atoms with E-state index in [4.69, 9.17) is 0 Å². The average Bonchev–Trinajstić information content (AvgIpc) is 3.36. The van der Waals surface area contributed by atoms with Crippen molar-refractivity contribution in [3.05, 3.63) is 190 Å². The Morgan fingerprint density at radius 2 is 1.22 bits per heavy atom. The zero-order valence-electron chi connectivity index (χ0n) is 27.0. The van der Waals surface area contributed by atoms with E-state index in [1.165, 1.54) is 83.1 Å². The van der Waals surface area contributed by atoms with Gasteiger partial charge in [-0.15, -0.1) is 0 Å². The molecule has 1 aliphatic carbocycles. The third kappa shape index (κ3) is 4.77. The number of fused-ring (bicyclic) bond motifs is 4. The molecule has 6 aromatic carbocycles. The van der Waals surface area contributed by atoms with Crippen molar-refractivity contribution >= 4 is 10.8 Å². The van der Waals surface area contributed by atoms with E-state index in [9.17, 15) is 0 Å². The normalized spacial score (nSPS) is 16.1. The number of allylic oxidation sites excluding steroid dienone is 4. The summed E-state index contributed by atoms with van der Waals surface area (Å²) in [5.74, 6) is 0. The van der Waals surface area contributed by atoms with Crippen LogP contribution in [0.3, 0.4) is 0 Å². The van der Waals surface area contributed by atoms with Crippen LogP contribution < -0.4 is 0 Å². The van der Waals surface area contributed by atoms with Crippen molar-refractivity contribution < 1.29 is 0 Å². The van der Waals surface area contributed by atoms with Gasteiger partial charge < -0.3 is 0 Å². The molecule has 0 radical (unpaired) electrons. The summed E-state index contributed by atoms with van der Waals surface area (Å²) in [6.07, 6.45) is 5.28. The monoisotopic (exact) mass is 580 g/mol. The smallest absolute Gasteiger partial charge is 0.0713 e. The second kappa shape index (κ2) is 11.5. The van der Waals surface area contributed by atoms with Crippen LogP contribution in [0.2, 0.25) is 0 Å². The van der Waals surface area contributed by atoms with Gasteiger partial charge in [0.15, 0.2) is 0 Å². The van der Waals surface area contributed by atoms with Gasteiger partial charge in [-0.3, -0.25) is 0 Å². The Labute approximate surface area is 268 Å². The Hall–Kier alpha value is -4.94. The van der Waals surface area contributed by atoms with Crippen LogP contribution in [0.15, 0.2) is 151 Å². The van der Waals surface area contributed by atoms with E-state index in [-0.39, 0.29) is 0 Å². The topological polar surface area (TPSA) is 0 Å². The van der Waals surface area contributed by atoms with Gasteiger partial charge in [0.2, 0.25) is 0 Å². The number of benzene rings is 6. The molecule has 6 aromatic rings. The highest BCUT2D eigenvalue weighted by Crippen LogP contribution is 2.57. The molecule has 0 fully saturated rings. The minimum Gasteiger partial charge on any atom is -0.0874 e. The van der Waals surface area contributed by atoms with E-state index in [1.54, 1.807) is 0 Å². The SMILES string of the molecule is CC=CC(C)=C(C)Cc1ccc(C2(c3ccc(C)cc3)c3ccccc3-c3ccc(-c4ccc(C)c5ccccc45)cc32)cc1. The summed E-state index contributed by atoms with van der Waals surface area (Å²) < 4.78 is 0. The molecule has 0 heteroatoms. The van der Waals surface area contributed by atoms with Crippen molar-refractivity contribution in [2.75, 3.05) is 0 Å². The Bertz CT molecular complexity index is 2100. The first kappa shape index (κ1) is 28.8. The Morgan fingerprint density at radius 3 is 1.96 bits per heavy atom. The predicted molar refractivity (Wildman–Crippen MR) is 193 cm³/mol. The maximum atomic E-state index is 2.48. The van der Waals surface area contributed by atoms with Crippen molar-refractivity contribution in [2.24, 2.45) is 0 Å². The molecule has 1 atom stereocenters. The minimum absolute atomic E-state index is 0.430. The minimum atomic E-state index is -0.430. The lowest BCUT2D eigenvalue weighted by Crippen LogP contribution is -2.28. The first-order chi connectivity index (χ1) is 21.9. The molecule has 45 heavy (non-hydrogen) atoms. The molecule has 0 heterocycles. The van der Waals surface area contributed by atoms with Crippen molar-refractivity contribution in [1.29, 1.82) is 0 Å². The lowest BCUT2D eigenvalue weighted by molar-refractivity contribution is 0.767. The van der Waals surface area contributed by atoms with E-state index in [0.717, 1.165) is 6.42 Å². The molecule has 0 aliphatic heterocycles. The highest BCUT2D eigenvalue weighted by atomic mass is 14.5. The number of rotatable bonds is 6. The number of aryl methyl sites for hydroxylation is 2. The van der Waals surface area contributed by atoms with E-state index in [2.05, 4.69) is 174 Å². The van der Waals surface area contributed by atoms with E-state index in [0.29, 0.717) is 0 Å². The van der Waals surface area contributed by atoms with Gasteiger partial charge in [-0.25, -0.2) is 0 Å². The largest absolute Gasteiger partial charge is 0.0874 e. The van der Waals surface area contributed by atoms with E-state index < -0.39 is 5.41 Å². The lowest BCUT2D eigenvalue weighted by Gasteiger charge is -2.34. The second-order valence-electron chi connectivity index (χ2n) is 12.7. The summed E-state index contributed by atoms with van der Waals surface area (Å²) in [5.41, 5.74) is 16.7. The molecule has 1 aliphatic rings. The molecule has 0 aromatic heterocycles. The Balaban J connectivity index is 1.48. The zero-order valence-corrected chi connectivity index (χ0v) is 27.0. The summed E-state index contributed by atoms with van der Waals surface area (Å²) in [7, 11) is 0. The van der Waals surface area contributed by atoms with Gasteiger partial charge in [0, 0.05) is 0 Å². The molecule has 0 amide bonds. The van der Waals surface area contributed by atoms with Crippen LogP contribution in [-0.4, -0.2) is 0 Å². The van der Waals surface area contributed by atoms with Crippen LogP contribution in [0.1, 0.15) is 59.7 Å². The zero-order chi connectivity index (χ0) is 31.1. The highest BCUT2D eigenvalue weighted by molar-refractivity contribution is 5.99. The maximum Gasteiger partial charge on any atom is 0.0713 e. The van der Waals surface area contributed by atoms with Crippen LogP contribution in [0.25, 0.3) is 33.0 Å². The molecule has 7 rings (SSSR count). The van der Waals surface area contributed by atoms with Gasteiger partial charge >= 0.3 is 0 Å². The van der Waals surface area contributed by atoms with Crippen molar-refractivity contribution in [3.63, 3.8) is 0 Å². The fraction of sp³-hybridized carbons (Fsp3) is 0.156. The van der Waals surface area contributed by atoms with Gasteiger partial charge in [0.1, 0.15) is 0 Å². The molecule has 0 bridgehead atoms. The van der Waals surface area contributed by atoms with Gasteiger partial charge in [0.25, 0.3) is 0 Å². The molecular formula is C45H40. The molecule has 0 spiro atoms. The quantitative estimate of drug-likeness (QED) is 0.172. The highest BCUT2D eigenvalue weighted by Gasteiger charge is 2.46. The summed E-state index contributed by atoms with van der Waals surface area (Å²) in [4.78, 5) is 0. The van der Waals surface area contributed by atoms with Crippen molar-refractivity contribution in [1.82, 2.24) is 0 Å². The number of hydrogen-bond acceptors (Lipinski definition) is 0. The van der Waals surface area contributed by atoms with E-state index in [1.807, 2.05) is 0 Å². The van der Waals surface area contributed by atoms with Crippen LogP contribution in [0.4, 0.5) is 0 Å². The van der Waals surface area contributed by atoms with Crippen LogP contribution >= 0.6 is 0 Å². The van der Waals surface area contributed by atoms with Crippen LogP contribution in [-0.2, 0) is 11.8 Å². The third-order valence-corrected chi connectivity index (χ3v) is 9.93. The first-order valence-electron chi connectivity index (χ1n) is 16.1. The van der Waals surface area contributed by atoms with Gasteiger partial charge in [-0.2, -0.15) is 0 Å². The lowest BCUT2D eigenvalue weighted by atomic mass is 9.67. The van der Waals surface area contributed by atoms with Crippen LogP contribution in [0, 0.1) is 13.8 Å². The summed E-state index contributed by atoms with van der Waals surface area (Å²) in [6.45, 7) is 10.9. The number of hydrogen-bond donors (Lipinski definition) is 0. The molecule has 0 saturated carbocycles. The van der Waals surface area contributed by atoms with Gasteiger partial charge in [-0.05, 0) is 114 Å². The predicted octanol–water partition coefficient (Wildman–Crippen LogP) is 11.9. The molecular weight excluding hydrogens is 540 g/mol. The Morgan fingerprint density at radius 1 is 0.600 bits per heavy atom. The van der Waals surface area contributed by atoms with Crippen molar-refractivity contribution in [2.45, 2.75) is 46.5 Å². The van der Waals surface area contributed by atoms with Crippen LogP contribution in [0.5, 0.6) is 0 Å². The third-order valence-electron chi connectivity index (χ3n) is 9.93. The second-order valence-corrected chi connectivity index (χ2v) is 12.7. The summed E-state index contributed by atoms with van der Waals surface area (Å²) >= 11 is 0. The average molecular weight is 581 g/mol. The summed E-state index contributed by atoms with van der Waals surface area (Å²) in [5, 5.41) is 2.61. The molecule has 1 unspecified atom stereocenters. The molecule has 0 saturated heterocycles. The Kier molecular flexibility index (Phi) is 7.38. The standard InChI is InChI=1S/C45H40/c1-6-11-31(3)33(5)28-34-19-24-37(25-20-34)45(36-22-16-30(2)17-23-36)43-15-10-9-14-41(43)42-27-21-35(29-44(42)45)39-26-18-32(4)38-12-7-8-13-40(38)39/h6-27,29H,28H2,1-5H3. The fourth-order valence-electron chi connectivity index (χ4n) is 7.45. The van der Waals surface area contributed by atoms with Gasteiger partial charge in [0.05, 0.1) is 5.41 Å². The first-order valence-corrected chi connectivity index (χ1v) is 16.1. The van der Waals surface area contributed by atoms with Gasteiger partial charge in [-0.1, -0.05) is 150 Å². The van der Waals surface area contributed by atoms with E-state index >= 15 is 0 Å². The molecule has 0 nitrogen and oxygen atoms in total. The van der Waals surface area contributed by atoms with Crippen molar-refractivity contribution in [3.8, 4) is 22.3 Å². The fourth-order valence-corrected chi connectivity index (χ4v) is 7.45. The molecule has 0 N–H and O–H groups in total. The maximum absolute atomic E-state index is 2.48. The molecule has 220 valence electrons.